The summed E-state index contributed by atoms with van der Waals surface area (Å²) < 4.78 is 37.8. The van der Waals surface area contributed by atoms with Crippen molar-refractivity contribution in [3.05, 3.63) is 29.1 Å². The minimum Gasteiger partial charge on any atom is -0.478 e. The lowest BCUT2D eigenvalue weighted by Gasteiger charge is -2.13. The molecule has 1 aromatic rings. The Balaban J connectivity index is 2.24. The van der Waals surface area contributed by atoms with Gasteiger partial charge in [0.1, 0.15) is 5.82 Å². The summed E-state index contributed by atoms with van der Waals surface area (Å²) in [6.45, 7) is 1.30. The van der Waals surface area contributed by atoms with Crippen LogP contribution in [0.15, 0.2) is 17.0 Å². The third kappa shape index (κ3) is 3.58. The van der Waals surface area contributed by atoms with Crippen molar-refractivity contribution in [3.8, 4) is 0 Å². The molecule has 0 saturated heterocycles. The molecule has 116 valence electrons. The maximum Gasteiger partial charge on any atom is 0.338 e. The summed E-state index contributed by atoms with van der Waals surface area (Å²) in [5.41, 5.74) is -0.743. The molecule has 1 saturated carbocycles. The summed E-state index contributed by atoms with van der Waals surface area (Å²) in [6, 6.07) is 1.85. The highest BCUT2D eigenvalue weighted by atomic mass is 32.2. The Labute approximate surface area is 121 Å². The average Bonchev–Trinajstić information content (AvgIpc) is 2.92. The van der Waals surface area contributed by atoms with Gasteiger partial charge >= 0.3 is 5.97 Å². The van der Waals surface area contributed by atoms with E-state index in [-0.39, 0.29) is 16.6 Å². The first-order valence-corrected chi connectivity index (χ1v) is 8.00. The maximum absolute atomic E-state index is 13.6. The number of hydrogen-bond donors (Lipinski definition) is 2. The van der Waals surface area contributed by atoms with E-state index < -0.39 is 27.4 Å². The van der Waals surface area contributed by atoms with Gasteiger partial charge in [-0.2, -0.15) is 0 Å². The second-order valence-electron chi connectivity index (χ2n) is 5.02. The van der Waals surface area contributed by atoms with E-state index in [9.17, 15) is 17.6 Å². The number of benzene rings is 1. The first-order chi connectivity index (χ1) is 9.81. The molecule has 0 bridgehead atoms. The number of nitrogens with one attached hydrogen (secondary N) is 1. The zero-order valence-corrected chi connectivity index (χ0v) is 12.2. The molecule has 0 unspecified atom stereocenters. The first-order valence-electron chi connectivity index (χ1n) is 6.52. The normalized spacial score (nSPS) is 16.3. The van der Waals surface area contributed by atoms with Crippen LogP contribution >= 0.6 is 0 Å². The van der Waals surface area contributed by atoms with E-state index in [1.165, 1.54) is 6.92 Å². The molecular formula is C13H16FNO5S. The monoisotopic (exact) mass is 317 g/mol. The fraction of sp³-hybridized carbons (Fsp3) is 0.462. The van der Waals surface area contributed by atoms with Gasteiger partial charge in [0.05, 0.1) is 16.6 Å². The summed E-state index contributed by atoms with van der Waals surface area (Å²) in [4.78, 5) is 17.7. The molecule has 6 nitrogen and oxygen atoms in total. The number of carboxylic acids is 1. The van der Waals surface area contributed by atoms with Gasteiger partial charge in [-0.05, 0) is 37.5 Å². The van der Waals surface area contributed by atoms with Crippen LogP contribution in [-0.4, -0.2) is 25.6 Å². The van der Waals surface area contributed by atoms with Gasteiger partial charge < -0.3 is 5.11 Å². The summed E-state index contributed by atoms with van der Waals surface area (Å²) in [6.07, 6.45) is 3.31. The molecule has 0 radical (unpaired) electrons. The van der Waals surface area contributed by atoms with Crippen LogP contribution in [0.5, 0.6) is 0 Å². The summed E-state index contributed by atoms with van der Waals surface area (Å²) in [7, 11) is -4.05. The van der Waals surface area contributed by atoms with E-state index in [1.54, 1.807) is 0 Å². The van der Waals surface area contributed by atoms with Crippen molar-refractivity contribution in [2.24, 2.45) is 0 Å². The standard InChI is InChI=1S/C13H16FNO5S/c1-8-6-10(7-11(12(8)14)13(16)17)21(18,19)15-20-9-4-2-3-5-9/h6-7,9,15H,2-5H2,1H3,(H,16,17). The number of aromatic carboxylic acids is 1. The molecule has 2 rings (SSSR count). The zero-order chi connectivity index (χ0) is 15.6. The second kappa shape index (κ2) is 6.08. The Bertz CT molecular complexity index is 653. The molecule has 0 atom stereocenters. The van der Waals surface area contributed by atoms with Gasteiger partial charge in [-0.1, -0.05) is 17.7 Å². The lowest BCUT2D eigenvalue weighted by Crippen LogP contribution is -2.28. The first kappa shape index (κ1) is 15.9. The average molecular weight is 317 g/mol. The second-order valence-corrected chi connectivity index (χ2v) is 6.66. The van der Waals surface area contributed by atoms with Gasteiger partial charge in [-0.25, -0.2) is 17.6 Å². The van der Waals surface area contributed by atoms with Crippen molar-refractivity contribution in [2.45, 2.75) is 43.6 Å². The zero-order valence-electron chi connectivity index (χ0n) is 11.4. The SMILES string of the molecule is Cc1cc(S(=O)(=O)NOC2CCCC2)cc(C(=O)O)c1F. The molecule has 0 heterocycles. The number of carboxylic acid groups (broad SMARTS) is 1. The predicted octanol–water partition coefficient (Wildman–Crippen LogP) is 1.98. The fourth-order valence-electron chi connectivity index (χ4n) is 2.23. The molecule has 21 heavy (non-hydrogen) atoms. The summed E-state index contributed by atoms with van der Waals surface area (Å²) in [5.74, 6) is -2.47. The Morgan fingerprint density at radius 2 is 2.00 bits per heavy atom. The minimum absolute atomic E-state index is 0.0591. The Morgan fingerprint density at radius 1 is 1.38 bits per heavy atom. The molecule has 1 fully saturated rings. The molecule has 0 aliphatic heterocycles. The van der Waals surface area contributed by atoms with E-state index in [0.717, 1.165) is 37.8 Å². The highest BCUT2D eigenvalue weighted by Gasteiger charge is 2.24. The van der Waals surface area contributed by atoms with Gasteiger partial charge in [0.25, 0.3) is 10.0 Å². The summed E-state index contributed by atoms with van der Waals surface area (Å²) >= 11 is 0. The number of sulfonamides is 1. The molecule has 8 heteroatoms. The van der Waals surface area contributed by atoms with Crippen LogP contribution in [0, 0.1) is 12.7 Å². The third-order valence-electron chi connectivity index (χ3n) is 3.40. The fourth-order valence-corrected chi connectivity index (χ4v) is 3.20. The van der Waals surface area contributed by atoms with Crippen LogP contribution in [0.25, 0.3) is 0 Å². The quantitative estimate of drug-likeness (QED) is 0.810. The topological polar surface area (TPSA) is 92.7 Å². The Hall–Kier alpha value is -1.51. The van der Waals surface area contributed by atoms with Crippen LogP contribution in [0.1, 0.15) is 41.6 Å². The van der Waals surface area contributed by atoms with Crippen molar-refractivity contribution in [1.29, 1.82) is 0 Å². The highest BCUT2D eigenvalue weighted by Crippen LogP contribution is 2.22. The Morgan fingerprint density at radius 3 is 2.57 bits per heavy atom. The van der Waals surface area contributed by atoms with E-state index >= 15 is 0 Å². The highest BCUT2D eigenvalue weighted by molar-refractivity contribution is 7.89. The molecule has 0 aromatic heterocycles. The third-order valence-corrected chi connectivity index (χ3v) is 4.57. The van der Waals surface area contributed by atoms with Crippen molar-refractivity contribution < 1.29 is 27.5 Å². The van der Waals surface area contributed by atoms with Crippen molar-refractivity contribution in [3.63, 3.8) is 0 Å². The molecule has 1 aliphatic carbocycles. The van der Waals surface area contributed by atoms with Gasteiger partial charge in [0, 0.05) is 0 Å². The number of aryl methyl sites for hydroxylation is 1. The summed E-state index contributed by atoms with van der Waals surface area (Å²) in [5, 5.41) is 8.90. The maximum atomic E-state index is 13.6. The van der Waals surface area contributed by atoms with Crippen LogP contribution in [0.4, 0.5) is 4.39 Å². The lowest BCUT2D eigenvalue weighted by molar-refractivity contribution is 0.0223. The number of halogens is 1. The van der Waals surface area contributed by atoms with Gasteiger partial charge in [-0.15, -0.1) is 0 Å². The van der Waals surface area contributed by atoms with Crippen molar-refractivity contribution in [2.75, 3.05) is 0 Å². The van der Waals surface area contributed by atoms with Gasteiger partial charge in [-0.3, -0.25) is 4.84 Å². The molecule has 1 aromatic carbocycles. The van der Waals surface area contributed by atoms with Gasteiger partial charge in [0.15, 0.2) is 0 Å². The largest absolute Gasteiger partial charge is 0.478 e. The van der Waals surface area contributed by atoms with Crippen LogP contribution < -0.4 is 4.89 Å². The van der Waals surface area contributed by atoms with Crippen LogP contribution in [-0.2, 0) is 14.9 Å². The van der Waals surface area contributed by atoms with E-state index in [4.69, 9.17) is 9.94 Å². The van der Waals surface area contributed by atoms with Crippen LogP contribution in [0.3, 0.4) is 0 Å². The molecular weight excluding hydrogens is 301 g/mol. The Kier molecular flexibility index (Phi) is 4.60. The van der Waals surface area contributed by atoms with E-state index in [1.807, 2.05) is 4.89 Å². The number of hydrogen-bond acceptors (Lipinski definition) is 4. The number of rotatable bonds is 5. The minimum atomic E-state index is -4.05. The van der Waals surface area contributed by atoms with E-state index in [0.29, 0.717) is 0 Å². The van der Waals surface area contributed by atoms with Gasteiger partial charge in [0.2, 0.25) is 0 Å². The number of carbonyl (C=O) groups is 1. The van der Waals surface area contributed by atoms with E-state index in [2.05, 4.69) is 0 Å². The lowest BCUT2D eigenvalue weighted by atomic mass is 10.1. The van der Waals surface area contributed by atoms with Crippen molar-refractivity contribution in [1.82, 2.24) is 4.89 Å². The molecule has 2 N–H and O–H groups in total. The van der Waals surface area contributed by atoms with Crippen molar-refractivity contribution >= 4 is 16.0 Å². The molecule has 0 amide bonds. The van der Waals surface area contributed by atoms with Crippen LogP contribution in [0.2, 0.25) is 0 Å². The smallest absolute Gasteiger partial charge is 0.338 e. The molecule has 0 spiro atoms. The molecule has 1 aliphatic rings. The predicted molar refractivity (Wildman–Crippen MR) is 71.8 cm³/mol.